The number of carbonyl (C=O) groups excluding carboxylic acids is 1. The van der Waals surface area contributed by atoms with E-state index < -0.39 is 0 Å². The van der Waals surface area contributed by atoms with Crippen molar-refractivity contribution in [1.82, 2.24) is 9.80 Å². The van der Waals surface area contributed by atoms with E-state index in [-0.39, 0.29) is 5.91 Å². The highest BCUT2D eigenvalue weighted by molar-refractivity contribution is 5.76. The number of nitrogens with zero attached hydrogens (tertiary/aromatic N) is 2. The minimum Gasteiger partial charge on any atom is -0.381 e. The van der Waals surface area contributed by atoms with Crippen LogP contribution in [0.25, 0.3) is 0 Å². The monoisotopic (exact) mass is 346 g/mol. The summed E-state index contributed by atoms with van der Waals surface area (Å²) in [6.45, 7) is 6.85. The Labute approximate surface area is 150 Å². The van der Waals surface area contributed by atoms with Gasteiger partial charge in [-0.3, -0.25) is 9.69 Å². The molecule has 1 amide bonds. The van der Waals surface area contributed by atoms with Gasteiger partial charge < -0.3 is 14.4 Å². The molecular weight excluding hydrogens is 316 g/mol. The summed E-state index contributed by atoms with van der Waals surface area (Å²) >= 11 is 0. The Bertz CT molecular complexity index is 511. The number of hydrogen-bond donors (Lipinski definition) is 0. The summed E-state index contributed by atoms with van der Waals surface area (Å²) in [6.07, 6.45) is 3.32. The van der Waals surface area contributed by atoms with Crippen molar-refractivity contribution < 1.29 is 14.3 Å². The van der Waals surface area contributed by atoms with Crippen LogP contribution in [0.3, 0.4) is 0 Å². The lowest BCUT2D eigenvalue weighted by Crippen LogP contribution is -2.48. The molecule has 0 bridgehead atoms. The molecular formula is C20H30N2O3. The first kappa shape index (κ1) is 18.4. The summed E-state index contributed by atoms with van der Waals surface area (Å²) in [7, 11) is 0. The predicted octanol–water partition coefficient (Wildman–Crippen LogP) is 1.96. The van der Waals surface area contributed by atoms with Crippen LogP contribution < -0.4 is 0 Å². The minimum atomic E-state index is 0.281. The zero-order valence-electron chi connectivity index (χ0n) is 15.1. The molecule has 2 aliphatic rings. The molecule has 0 N–H and O–H groups in total. The van der Waals surface area contributed by atoms with Gasteiger partial charge in [-0.05, 0) is 24.8 Å². The highest BCUT2D eigenvalue weighted by Gasteiger charge is 2.26. The van der Waals surface area contributed by atoms with Crippen LogP contribution in [0, 0.1) is 0 Å². The average molecular weight is 346 g/mol. The van der Waals surface area contributed by atoms with Crippen LogP contribution in [-0.2, 0) is 20.7 Å². The lowest BCUT2D eigenvalue weighted by atomic mass is 10.0. The SMILES string of the molecule is O=C(CCc1ccccc1)N(CCN1CCOCC1)C1CCOCC1. The van der Waals surface area contributed by atoms with Crippen LogP contribution in [-0.4, -0.2) is 74.4 Å². The van der Waals surface area contributed by atoms with Crippen molar-refractivity contribution in [2.75, 3.05) is 52.6 Å². The Kier molecular flexibility index (Phi) is 7.27. The standard InChI is InChI=1S/C20H30N2O3/c23-20(7-6-18-4-2-1-3-5-18)22(19-8-14-24-15-9-19)11-10-21-12-16-25-17-13-21/h1-5,19H,6-17H2. The highest BCUT2D eigenvalue weighted by Crippen LogP contribution is 2.17. The van der Waals surface area contributed by atoms with Gasteiger partial charge in [-0.2, -0.15) is 0 Å². The van der Waals surface area contributed by atoms with Crippen LogP contribution in [0.5, 0.6) is 0 Å². The molecule has 2 fully saturated rings. The molecule has 0 unspecified atom stereocenters. The summed E-state index contributed by atoms with van der Waals surface area (Å²) in [5, 5.41) is 0. The Morgan fingerprint density at radius 1 is 1.04 bits per heavy atom. The fourth-order valence-electron chi connectivity index (χ4n) is 3.62. The van der Waals surface area contributed by atoms with Gasteiger partial charge in [0.1, 0.15) is 0 Å². The predicted molar refractivity (Wildman–Crippen MR) is 97.6 cm³/mol. The van der Waals surface area contributed by atoms with E-state index in [0.717, 1.165) is 71.9 Å². The molecule has 0 atom stereocenters. The van der Waals surface area contributed by atoms with Crippen molar-refractivity contribution in [3.8, 4) is 0 Å². The number of carbonyl (C=O) groups is 1. The molecule has 5 heteroatoms. The lowest BCUT2D eigenvalue weighted by molar-refractivity contribution is -0.135. The maximum Gasteiger partial charge on any atom is 0.223 e. The van der Waals surface area contributed by atoms with Gasteiger partial charge in [0, 0.05) is 51.9 Å². The number of hydrogen-bond acceptors (Lipinski definition) is 4. The van der Waals surface area contributed by atoms with Crippen LogP contribution >= 0.6 is 0 Å². The average Bonchev–Trinajstić information content (AvgIpc) is 2.69. The molecule has 2 heterocycles. The topological polar surface area (TPSA) is 42.0 Å². The largest absolute Gasteiger partial charge is 0.381 e. The van der Waals surface area contributed by atoms with E-state index in [2.05, 4.69) is 21.9 Å². The van der Waals surface area contributed by atoms with Gasteiger partial charge in [0.15, 0.2) is 0 Å². The third-order valence-corrected chi connectivity index (χ3v) is 5.18. The second-order valence-corrected chi connectivity index (χ2v) is 6.87. The van der Waals surface area contributed by atoms with Gasteiger partial charge in [-0.25, -0.2) is 0 Å². The van der Waals surface area contributed by atoms with Crippen molar-refractivity contribution in [3.63, 3.8) is 0 Å². The third kappa shape index (κ3) is 5.80. The van der Waals surface area contributed by atoms with Crippen molar-refractivity contribution in [2.45, 2.75) is 31.7 Å². The Morgan fingerprint density at radius 3 is 2.44 bits per heavy atom. The molecule has 2 saturated heterocycles. The van der Waals surface area contributed by atoms with Crippen molar-refractivity contribution >= 4 is 5.91 Å². The molecule has 5 nitrogen and oxygen atoms in total. The van der Waals surface area contributed by atoms with Gasteiger partial charge in [0.25, 0.3) is 0 Å². The van der Waals surface area contributed by atoms with Crippen LogP contribution in [0.1, 0.15) is 24.8 Å². The summed E-state index contributed by atoms with van der Waals surface area (Å²) in [4.78, 5) is 17.5. The number of aryl methyl sites for hydroxylation is 1. The van der Waals surface area contributed by atoms with Gasteiger partial charge in [0.2, 0.25) is 5.91 Å². The Hall–Kier alpha value is -1.43. The molecule has 138 valence electrons. The smallest absolute Gasteiger partial charge is 0.223 e. The second kappa shape index (κ2) is 9.90. The van der Waals surface area contributed by atoms with E-state index in [4.69, 9.17) is 9.47 Å². The highest BCUT2D eigenvalue weighted by atomic mass is 16.5. The summed E-state index contributed by atoms with van der Waals surface area (Å²) in [5.41, 5.74) is 1.23. The number of amides is 1. The van der Waals surface area contributed by atoms with Gasteiger partial charge in [0.05, 0.1) is 13.2 Å². The fourth-order valence-corrected chi connectivity index (χ4v) is 3.62. The zero-order chi connectivity index (χ0) is 17.3. The van der Waals surface area contributed by atoms with Crippen molar-refractivity contribution in [3.05, 3.63) is 35.9 Å². The number of ether oxygens (including phenoxy) is 2. The summed E-state index contributed by atoms with van der Waals surface area (Å²) in [5.74, 6) is 0.281. The zero-order valence-corrected chi connectivity index (χ0v) is 15.1. The number of morpholine rings is 1. The molecule has 0 spiro atoms. The first-order valence-corrected chi connectivity index (χ1v) is 9.54. The van der Waals surface area contributed by atoms with Crippen LogP contribution in [0.4, 0.5) is 0 Å². The summed E-state index contributed by atoms with van der Waals surface area (Å²) in [6, 6.07) is 10.6. The van der Waals surface area contributed by atoms with Gasteiger partial charge in [-0.15, -0.1) is 0 Å². The van der Waals surface area contributed by atoms with Gasteiger partial charge in [-0.1, -0.05) is 30.3 Å². The van der Waals surface area contributed by atoms with Crippen LogP contribution in [0.2, 0.25) is 0 Å². The molecule has 0 aromatic heterocycles. The summed E-state index contributed by atoms with van der Waals surface area (Å²) < 4.78 is 10.9. The molecule has 3 rings (SSSR count). The molecule has 1 aromatic carbocycles. The molecule has 0 aliphatic carbocycles. The quantitative estimate of drug-likeness (QED) is 0.757. The minimum absolute atomic E-state index is 0.281. The lowest BCUT2D eigenvalue weighted by Gasteiger charge is -2.36. The molecule has 1 aromatic rings. The fraction of sp³-hybridized carbons (Fsp3) is 0.650. The third-order valence-electron chi connectivity index (χ3n) is 5.18. The molecule has 0 saturated carbocycles. The number of benzene rings is 1. The van der Waals surface area contributed by atoms with E-state index in [1.807, 2.05) is 18.2 Å². The van der Waals surface area contributed by atoms with Crippen molar-refractivity contribution in [1.29, 1.82) is 0 Å². The first-order chi connectivity index (χ1) is 12.3. The Morgan fingerprint density at radius 2 is 1.72 bits per heavy atom. The molecule has 25 heavy (non-hydrogen) atoms. The van der Waals surface area contributed by atoms with Gasteiger partial charge >= 0.3 is 0 Å². The van der Waals surface area contributed by atoms with E-state index in [1.54, 1.807) is 0 Å². The molecule has 0 radical (unpaired) electrons. The second-order valence-electron chi connectivity index (χ2n) is 6.87. The van der Waals surface area contributed by atoms with Crippen molar-refractivity contribution in [2.24, 2.45) is 0 Å². The molecule has 2 aliphatic heterocycles. The van der Waals surface area contributed by atoms with Crippen LogP contribution in [0.15, 0.2) is 30.3 Å². The first-order valence-electron chi connectivity index (χ1n) is 9.54. The van der Waals surface area contributed by atoms with E-state index in [0.29, 0.717) is 12.5 Å². The van der Waals surface area contributed by atoms with E-state index in [1.165, 1.54) is 5.56 Å². The maximum absolute atomic E-state index is 12.9. The normalized spacial score (nSPS) is 19.7. The number of rotatable bonds is 7. The van der Waals surface area contributed by atoms with E-state index in [9.17, 15) is 4.79 Å². The van der Waals surface area contributed by atoms with E-state index >= 15 is 0 Å². The Balaban J connectivity index is 1.55. The maximum atomic E-state index is 12.9.